The van der Waals surface area contributed by atoms with Crippen LogP contribution in [0, 0.1) is 11.8 Å². The first kappa shape index (κ1) is 16.6. The third kappa shape index (κ3) is 2.60. The van der Waals surface area contributed by atoms with Gasteiger partial charge >= 0.3 is 0 Å². The molecule has 4 amide bonds. The van der Waals surface area contributed by atoms with Crippen molar-refractivity contribution < 1.29 is 19.2 Å². The average molecular weight is 330 g/mol. The van der Waals surface area contributed by atoms with Gasteiger partial charge in [0, 0.05) is 25.2 Å². The SMILES string of the molecule is CN1C(=O)C2=C(CCCC2)C1=O.CN1C(=O)C2CC=CCC2C1=O. The molecular weight excluding hydrogens is 308 g/mol. The van der Waals surface area contributed by atoms with Gasteiger partial charge < -0.3 is 0 Å². The molecule has 2 aliphatic carbocycles. The second-order valence-electron chi connectivity index (χ2n) is 6.72. The molecule has 0 aromatic carbocycles. The Morgan fingerprint density at radius 3 is 1.58 bits per heavy atom. The minimum absolute atomic E-state index is 0.00523. The number of hydrogen-bond donors (Lipinski definition) is 0. The fourth-order valence-corrected chi connectivity index (χ4v) is 3.84. The Morgan fingerprint density at radius 2 is 1.17 bits per heavy atom. The zero-order valence-electron chi connectivity index (χ0n) is 14.1. The summed E-state index contributed by atoms with van der Waals surface area (Å²) in [5, 5.41) is 0. The minimum Gasteiger partial charge on any atom is -0.285 e. The highest BCUT2D eigenvalue weighted by Gasteiger charge is 2.45. The number of hydrogen-bond acceptors (Lipinski definition) is 4. The number of likely N-dealkylation sites (N-methyl/N-ethyl adjacent to an activating group) is 1. The number of allylic oxidation sites excluding steroid dienone is 2. The lowest BCUT2D eigenvalue weighted by Crippen LogP contribution is -2.26. The van der Waals surface area contributed by atoms with Crippen molar-refractivity contribution in [2.45, 2.75) is 38.5 Å². The summed E-state index contributed by atoms with van der Waals surface area (Å²) in [4.78, 5) is 48.1. The van der Waals surface area contributed by atoms with Gasteiger partial charge in [-0.15, -0.1) is 0 Å². The van der Waals surface area contributed by atoms with Crippen molar-refractivity contribution in [1.29, 1.82) is 0 Å². The van der Waals surface area contributed by atoms with Gasteiger partial charge in [0.15, 0.2) is 0 Å². The van der Waals surface area contributed by atoms with E-state index in [4.69, 9.17) is 0 Å². The van der Waals surface area contributed by atoms with Crippen molar-refractivity contribution in [3.63, 3.8) is 0 Å². The summed E-state index contributed by atoms with van der Waals surface area (Å²) in [5.41, 5.74) is 1.54. The minimum atomic E-state index is -0.0744. The summed E-state index contributed by atoms with van der Waals surface area (Å²) >= 11 is 0. The van der Waals surface area contributed by atoms with E-state index in [9.17, 15) is 19.2 Å². The smallest absolute Gasteiger partial charge is 0.256 e. The first-order valence-corrected chi connectivity index (χ1v) is 8.44. The van der Waals surface area contributed by atoms with Crippen molar-refractivity contribution in [1.82, 2.24) is 9.80 Å². The molecule has 24 heavy (non-hydrogen) atoms. The lowest BCUT2D eigenvalue weighted by Gasteiger charge is -2.14. The summed E-state index contributed by atoms with van der Waals surface area (Å²) < 4.78 is 0. The van der Waals surface area contributed by atoms with Crippen molar-refractivity contribution in [2.75, 3.05) is 14.1 Å². The van der Waals surface area contributed by atoms with E-state index in [1.165, 1.54) is 9.80 Å². The second kappa shape index (κ2) is 6.34. The van der Waals surface area contributed by atoms with Crippen LogP contribution in [-0.4, -0.2) is 47.5 Å². The Hall–Kier alpha value is -2.24. The van der Waals surface area contributed by atoms with Gasteiger partial charge in [0.1, 0.15) is 0 Å². The van der Waals surface area contributed by atoms with Crippen LogP contribution in [0.15, 0.2) is 23.3 Å². The van der Waals surface area contributed by atoms with Gasteiger partial charge in [-0.2, -0.15) is 0 Å². The predicted molar refractivity (Wildman–Crippen MR) is 86.4 cm³/mol. The molecule has 6 heteroatoms. The van der Waals surface area contributed by atoms with Crippen molar-refractivity contribution in [3.8, 4) is 0 Å². The molecule has 2 unspecified atom stereocenters. The molecule has 1 fully saturated rings. The lowest BCUT2D eigenvalue weighted by atomic mass is 9.85. The molecule has 1 saturated heterocycles. The summed E-state index contributed by atoms with van der Waals surface area (Å²) in [6.07, 6.45) is 9.14. The van der Waals surface area contributed by atoms with Crippen LogP contribution in [0.25, 0.3) is 0 Å². The Bertz CT molecular complexity index is 623. The molecule has 128 valence electrons. The maximum atomic E-state index is 11.4. The molecule has 0 saturated carbocycles. The van der Waals surface area contributed by atoms with Crippen LogP contribution >= 0.6 is 0 Å². The Morgan fingerprint density at radius 1 is 0.750 bits per heavy atom. The van der Waals surface area contributed by atoms with E-state index < -0.39 is 0 Å². The van der Waals surface area contributed by atoms with Gasteiger partial charge in [-0.25, -0.2) is 0 Å². The number of likely N-dealkylation sites (tertiary alicyclic amines) is 1. The van der Waals surface area contributed by atoms with Crippen LogP contribution in [0.5, 0.6) is 0 Å². The molecule has 0 bridgehead atoms. The highest BCUT2D eigenvalue weighted by molar-refractivity contribution is 6.19. The van der Waals surface area contributed by atoms with E-state index in [-0.39, 0.29) is 35.5 Å². The third-order valence-corrected chi connectivity index (χ3v) is 5.32. The van der Waals surface area contributed by atoms with E-state index in [1.807, 2.05) is 12.2 Å². The standard InChI is InChI=1S/2C9H11NO2/c2*1-10-8(11)6-4-2-3-5-7(6)9(10)12/h2-5H2,1H3;2-3,6-7H,4-5H2,1H3. The number of imide groups is 2. The Kier molecular flexibility index (Phi) is 4.39. The van der Waals surface area contributed by atoms with Crippen LogP contribution in [0.4, 0.5) is 0 Å². The monoisotopic (exact) mass is 330 g/mol. The molecule has 2 heterocycles. The quantitative estimate of drug-likeness (QED) is 0.497. The summed E-state index contributed by atoms with van der Waals surface area (Å²) in [5.74, 6) is -0.284. The van der Waals surface area contributed by atoms with Gasteiger partial charge in [0.25, 0.3) is 11.8 Å². The van der Waals surface area contributed by atoms with Gasteiger partial charge in [-0.3, -0.25) is 29.0 Å². The molecule has 2 aliphatic heterocycles. The highest BCUT2D eigenvalue weighted by atomic mass is 16.2. The average Bonchev–Trinajstić information content (AvgIpc) is 2.98. The summed E-state index contributed by atoms with van der Waals surface area (Å²) in [6, 6.07) is 0. The van der Waals surface area contributed by atoms with Gasteiger partial charge in [0.2, 0.25) is 11.8 Å². The molecule has 0 aromatic rings. The molecule has 4 aliphatic rings. The summed E-state index contributed by atoms with van der Waals surface area (Å²) in [6.45, 7) is 0. The molecule has 0 aromatic heterocycles. The lowest BCUT2D eigenvalue weighted by molar-refractivity contribution is -0.139. The molecule has 2 atom stereocenters. The number of carbonyl (C=O) groups excluding carboxylic acids is 4. The van der Waals surface area contributed by atoms with Crippen molar-refractivity contribution >= 4 is 23.6 Å². The van der Waals surface area contributed by atoms with Crippen LogP contribution in [0.3, 0.4) is 0 Å². The van der Waals surface area contributed by atoms with Crippen LogP contribution < -0.4 is 0 Å². The zero-order valence-corrected chi connectivity index (χ0v) is 14.1. The van der Waals surface area contributed by atoms with Gasteiger partial charge in [-0.1, -0.05) is 12.2 Å². The number of carbonyl (C=O) groups is 4. The van der Waals surface area contributed by atoms with E-state index in [2.05, 4.69) is 0 Å². The highest BCUT2D eigenvalue weighted by Crippen LogP contribution is 2.34. The Labute approximate surface area is 141 Å². The predicted octanol–water partition coefficient (Wildman–Crippen LogP) is 1.42. The van der Waals surface area contributed by atoms with Crippen LogP contribution in [0.2, 0.25) is 0 Å². The Balaban J connectivity index is 0.000000141. The maximum absolute atomic E-state index is 11.4. The largest absolute Gasteiger partial charge is 0.285 e. The normalized spacial score (nSPS) is 28.9. The number of rotatable bonds is 0. The number of amides is 4. The van der Waals surface area contributed by atoms with Gasteiger partial charge in [0.05, 0.1) is 11.8 Å². The molecule has 0 radical (unpaired) electrons. The topological polar surface area (TPSA) is 74.8 Å². The number of fused-ring (bicyclic) bond motifs is 1. The van der Waals surface area contributed by atoms with Gasteiger partial charge in [-0.05, 0) is 38.5 Å². The van der Waals surface area contributed by atoms with E-state index in [0.717, 1.165) is 49.7 Å². The molecule has 0 N–H and O–H groups in total. The molecule has 6 nitrogen and oxygen atoms in total. The number of nitrogens with zero attached hydrogens (tertiary/aromatic N) is 2. The first-order valence-electron chi connectivity index (χ1n) is 8.44. The molecule has 4 rings (SSSR count). The third-order valence-electron chi connectivity index (χ3n) is 5.32. The van der Waals surface area contributed by atoms with Crippen molar-refractivity contribution in [2.24, 2.45) is 11.8 Å². The fraction of sp³-hybridized carbons (Fsp3) is 0.556. The zero-order chi connectivity index (χ0) is 17.4. The van der Waals surface area contributed by atoms with Crippen LogP contribution in [-0.2, 0) is 19.2 Å². The molecule has 0 spiro atoms. The molecular formula is C18H22N2O4. The fourth-order valence-electron chi connectivity index (χ4n) is 3.84. The maximum Gasteiger partial charge on any atom is 0.256 e. The summed E-state index contributed by atoms with van der Waals surface area (Å²) in [7, 11) is 3.13. The van der Waals surface area contributed by atoms with Crippen molar-refractivity contribution in [3.05, 3.63) is 23.3 Å². The second-order valence-corrected chi connectivity index (χ2v) is 6.72. The van der Waals surface area contributed by atoms with Crippen LogP contribution in [0.1, 0.15) is 38.5 Å². The first-order chi connectivity index (χ1) is 11.4. The van der Waals surface area contributed by atoms with E-state index in [0.29, 0.717) is 0 Å². The van der Waals surface area contributed by atoms with E-state index >= 15 is 0 Å². The van der Waals surface area contributed by atoms with E-state index in [1.54, 1.807) is 14.1 Å².